The number of hydrogen-bond donors (Lipinski definition) is 2. The molecule has 11 nitrogen and oxygen atoms in total. The van der Waals surface area contributed by atoms with Crippen LogP contribution < -0.4 is 5.32 Å². The predicted octanol–water partition coefficient (Wildman–Crippen LogP) is 3.63. The van der Waals surface area contributed by atoms with Crippen molar-refractivity contribution in [2.45, 2.75) is 19.6 Å². The van der Waals surface area contributed by atoms with Gasteiger partial charge in [-0.3, -0.25) is 19.1 Å². The molecule has 41 heavy (non-hydrogen) atoms. The van der Waals surface area contributed by atoms with Gasteiger partial charge in [-0.05, 0) is 34.9 Å². The molecule has 0 saturated heterocycles. The van der Waals surface area contributed by atoms with Gasteiger partial charge in [0.15, 0.2) is 6.29 Å². The Morgan fingerprint density at radius 2 is 1.93 bits per heavy atom. The first kappa shape index (κ1) is 27.4. The van der Waals surface area contributed by atoms with Crippen LogP contribution in [0, 0.1) is 0 Å². The lowest BCUT2D eigenvalue weighted by Gasteiger charge is -2.26. The van der Waals surface area contributed by atoms with E-state index in [-0.39, 0.29) is 49.3 Å². The minimum absolute atomic E-state index is 0.0468. The van der Waals surface area contributed by atoms with E-state index in [1.807, 2.05) is 48.5 Å². The average Bonchev–Trinajstić information content (AvgIpc) is 3.71. The Bertz CT molecular complexity index is 1590. The Hall–Kier alpha value is -5.19. The van der Waals surface area contributed by atoms with Crippen molar-refractivity contribution in [1.82, 2.24) is 24.6 Å². The van der Waals surface area contributed by atoms with Crippen LogP contribution in [0.3, 0.4) is 0 Å². The number of aromatic amines is 1. The van der Waals surface area contributed by atoms with E-state index in [0.717, 1.165) is 33.6 Å². The number of nitrogens with zero attached hydrogens (tertiary/aromatic N) is 4. The Labute approximate surface area is 236 Å². The van der Waals surface area contributed by atoms with E-state index in [9.17, 15) is 19.2 Å². The fraction of sp³-hybridized carbons (Fsp3) is 0.233. The van der Waals surface area contributed by atoms with Crippen molar-refractivity contribution in [3.05, 3.63) is 95.1 Å². The third-order valence-electron chi connectivity index (χ3n) is 7.09. The van der Waals surface area contributed by atoms with Gasteiger partial charge >= 0.3 is 6.09 Å². The molecule has 4 aromatic rings. The monoisotopic (exact) mass is 554 g/mol. The fourth-order valence-electron chi connectivity index (χ4n) is 4.76. The maximum absolute atomic E-state index is 13.4. The van der Waals surface area contributed by atoms with Crippen LogP contribution in [0.25, 0.3) is 11.1 Å². The first-order valence-electron chi connectivity index (χ1n) is 13.1. The highest BCUT2D eigenvalue weighted by Crippen LogP contribution is 2.31. The Balaban J connectivity index is 1.36. The molecule has 2 aromatic carbocycles. The zero-order chi connectivity index (χ0) is 28.9. The second kappa shape index (κ2) is 11.9. The highest BCUT2D eigenvalue weighted by Gasteiger charge is 2.24. The van der Waals surface area contributed by atoms with E-state index in [2.05, 4.69) is 15.4 Å². The lowest BCUT2D eigenvalue weighted by atomic mass is 10.0. The van der Waals surface area contributed by atoms with E-state index in [1.165, 1.54) is 16.0 Å². The number of carbonyl (C=O) groups excluding carboxylic acids is 4. The number of ether oxygens (including phenoxy) is 1. The molecule has 2 aromatic heterocycles. The maximum atomic E-state index is 13.4. The Morgan fingerprint density at radius 1 is 1.12 bits per heavy atom. The van der Waals surface area contributed by atoms with Gasteiger partial charge < -0.3 is 24.8 Å². The summed E-state index contributed by atoms with van der Waals surface area (Å²) in [7, 11) is 3.42. The standard InChI is InChI=1S/C30H30N6O5/c1-34(29(39)23-10-11-31-26(23)18-37)12-13-36(30(40)41-19-20-6-4-3-5-7-20)17-27-24(16-32-35(27)2)21-8-9-25-22(14-21)15-28(38)33-25/h3-11,14,16,18,31H,12-13,15,17,19H2,1-2H3,(H,33,38). The lowest BCUT2D eigenvalue weighted by molar-refractivity contribution is -0.115. The Morgan fingerprint density at radius 3 is 2.71 bits per heavy atom. The second-order valence-corrected chi connectivity index (χ2v) is 9.84. The van der Waals surface area contributed by atoms with Crippen LogP contribution in [0.5, 0.6) is 0 Å². The Kier molecular flexibility index (Phi) is 7.95. The molecule has 0 atom stereocenters. The third-order valence-corrected chi connectivity index (χ3v) is 7.09. The predicted molar refractivity (Wildman–Crippen MR) is 151 cm³/mol. The third kappa shape index (κ3) is 6.03. The summed E-state index contributed by atoms with van der Waals surface area (Å²) in [6, 6.07) is 16.7. The number of carbonyl (C=O) groups is 4. The van der Waals surface area contributed by atoms with Crippen LogP contribution in [0.1, 0.15) is 37.7 Å². The van der Waals surface area contributed by atoms with Crippen molar-refractivity contribution >= 4 is 29.9 Å². The number of nitrogens with one attached hydrogen (secondary N) is 2. The van der Waals surface area contributed by atoms with Crippen LogP contribution >= 0.6 is 0 Å². The molecular weight excluding hydrogens is 524 g/mol. The molecule has 1 aliphatic rings. The molecule has 2 N–H and O–H groups in total. The number of fused-ring (bicyclic) bond motifs is 1. The highest BCUT2D eigenvalue weighted by atomic mass is 16.6. The molecule has 0 spiro atoms. The number of H-pyrrole nitrogens is 1. The van der Waals surface area contributed by atoms with Gasteiger partial charge in [0, 0.05) is 44.6 Å². The number of amides is 3. The largest absolute Gasteiger partial charge is 0.445 e. The summed E-state index contributed by atoms with van der Waals surface area (Å²) >= 11 is 0. The summed E-state index contributed by atoms with van der Waals surface area (Å²) in [6.07, 6.45) is 3.64. The van der Waals surface area contributed by atoms with Gasteiger partial charge in [0.25, 0.3) is 5.91 Å². The first-order chi connectivity index (χ1) is 19.8. The fourth-order valence-corrected chi connectivity index (χ4v) is 4.76. The van der Waals surface area contributed by atoms with Crippen LogP contribution in [0.15, 0.2) is 67.0 Å². The summed E-state index contributed by atoms with van der Waals surface area (Å²) in [6.45, 7) is 0.632. The van der Waals surface area contributed by atoms with Crippen molar-refractivity contribution in [3.63, 3.8) is 0 Å². The van der Waals surface area contributed by atoms with Crippen molar-refractivity contribution in [2.24, 2.45) is 7.05 Å². The normalized spacial score (nSPS) is 12.0. The summed E-state index contributed by atoms with van der Waals surface area (Å²) in [4.78, 5) is 55.2. The minimum Gasteiger partial charge on any atom is -0.445 e. The summed E-state index contributed by atoms with van der Waals surface area (Å²) in [5.74, 6) is -0.386. The quantitative estimate of drug-likeness (QED) is 0.288. The minimum atomic E-state index is -0.541. The van der Waals surface area contributed by atoms with Gasteiger partial charge in [0.1, 0.15) is 6.61 Å². The van der Waals surface area contributed by atoms with Gasteiger partial charge in [0.05, 0.1) is 36.1 Å². The van der Waals surface area contributed by atoms with E-state index in [4.69, 9.17) is 4.74 Å². The molecule has 0 bridgehead atoms. The molecular formula is C30H30N6O5. The van der Waals surface area contributed by atoms with Crippen molar-refractivity contribution in [1.29, 1.82) is 0 Å². The van der Waals surface area contributed by atoms with Gasteiger partial charge in [0.2, 0.25) is 5.91 Å². The summed E-state index contributed by atoms with van der Waals surface area (Å²) in [5, 5.41) is 7.28. The van der Waals surface area contributed by atoms with Gasteiger partial charge in [-0.25, -0.2) is 4.79 Å². The van der Waals surface area contributed by atoms with Crippen LogP contribution in [0.4, 0.5) is 10.5 Å². The van der Waals surface area contributed by atoms with Crippen LogP contribution in [-0.2, 0) is 36.2 Å². The molecule has 0 aliphatic carbocycles. The van der Waals surface area contributed by atoms with Crippen molar-refractivity contribution in [2.75, 3.05) is 25.5 Å². The first-order valence-corrected chi connectivity index (χ1v) is 13.1. The molecule has 210 valence electrons. The molecule has 0 fully saturated rings. The second-order valence-electron chi connectivity index (χ2n) is 9.84. The number of likely N-dealkylation sites (N-methyl/N-ethyl adjacent to an activating group) is 1. The molecule has 0 radical (unpaired) electrons. The summed E-state index contributed by atoms with van der Waals surface area (Å²) < 4.78 is 7.36. The van der Waals surface area contributed by atoms with Crippen LogP contribution in [0.2, 0.25) is 0 Å². The zero-order valence-electron chi connectivity index (χ0n) is 22.8. The molecule has 3 heterocycles. The molecule has 11 heteroatoms. The van der Waals surface area contributed by atoms with Crippen molar-refractivity contribution < 1.29 is 23.9 Å². The number of aldehydes is 1. The smallest absolute Gasteiger partial charge is 0.410 e. The number of aryl methyl sites for hydroxylation is 1. The molecule has 0 unspecified atom stereocenters. The number of aromatic nitrogens is 3. The maximum Gasteiger partial charge on any atom is 0.410 e. The highest BCUT2D eigenvalue weighted by molar-refractivity contribution is 6.01. The number of hydrogen-bond acceptors (Lipinski definition) is 6. The van der Waals surface area contributed by atoms with Gasteiger partial charge in [-0.2, -0.15) is 5.10 Å². The number of rotatable bonds is 10. The van der Waals surface area contributed by atoms with E-state index < -0.39 is 6.09 Å². The van der Waals surface area contributed by atoms with Crippen molar-refractivity contribution in [3.8, 4) is 11.1 Å². The van der Waals surface area contributed by atoms with Crippen LogP contribution in [-0.4, -0.2) is 68.9 Å². The van der Waals surface area contributed by atoms with Gasteiger partial charge in [-0.1, -0.05) is 36.4 Å². The van der Waals surface area contributed by atoms with E-state index in [1.54, 1.807) is 31.0 Å². The lowest BCUT2D eigenvalue weighted by Crippen LogP contribution is -2.40. The average molecular weight is 555 g/mol. The van der Waals surface area contributed by atoms with Gasteiger partial charge in [-0.15, -0.1) is 0 Å². The van der Waals surface area contributed by atoms with E-state index >= 15 is 0 Å². The van der Waals surface area contributed by atoms with E-state index in [0.29, 0.717) is 12.7 Å². The summed E-state index contributed by atoms with van der Waals surface area (Å²) in [5.41, 5.74) is 5.48. The number of benzene rings is 2. The SMILES string of the molecule is CN(CCN(Cc1c(-c2ccc3c(c2)CC(=O)N3)cnn1C)C(=O)OCc1ccccc1)C(=O)c1cc[nH]c1C=O. The number of anilines is 1. The topological polar surface area (TPSA) is 130 Å². The molecule has 1 aliphatic heterocycles. The molecule has 3 amide bonds. The molecule has 0 saturated carbocycles. The molecule has 5 rings (SSSR count). The zero-order valence-corrected chi connectivity index (χ0v) is 22.8.